The third-order valence-corrected chi connectivity index (χ3v) is 6.03. The minimum Gasteiger partial charge on any atom is -0.457 e. The zero-order valence-corrected chi connectivity index (χ0v) is 19.5. The molecule has 0 aliphatic carbocycles. The number of anilines is 1. The highest BCUT2D eigenvalue weighted by molar-refractivity contribution is 5.94. The van der Waals surface area contributed by atoms with Crippen LogP contribution < -0.4 is 15.5 Å². The van der Waals surface area contributed by atoms with E-state index in [-0.39, 0.29) is 11.3 Å². The molecule has 0 aliphatic rings. The molecule has 1 heterocycles. The molecular weight excluding hydrogens is 436 g/mol. The molecule has 5 rings (SSSR count). The Morgan fingerprint density at radius 1 is 0.800 bits per heavy atom. The predicted octanol–water partition coefficient (Wildman–Crippen LogP) is 6.67. The van der Waals surface area contributed by atoms with E-state index in [1.165, 1.54) is 0 Å². The third kappa shape index (κ3) is 4.94. The Labute approximate surface area is 203 Å². The quantitative estimate of drug-likeness (QED) is 0.275. The molecule has 1 amide bonds. The maximum Gasteiger partial charge on any atom is 0.224 e. The fourth-order valence-electron chi connectivity index (χ4n) is 4.34. The normalized spacial score (nSPS) is 11.0. The number of aryl methyl sites for hydroxylation is 2. The first-order valence-corrected chi connectivity index (χ1v) is 11.7. The molecule has 5 aromatic rings. The molecule has 0 aliphatic heterocycles. The van der Waals surface area contributed by atoms with Crippen molar-refractivity contribution in [3.63, 3.8) is 0 Å². The van der Waals surface area contributed by atoms with Crippen LogP contribution in [0.4, 0.5) is 5.69 Å². The number of rotatable bonds is 7. The van der Waals surface area contributed by atoms with Crippen LogP contribution in [0, 0.1) is 6.92 Å². The van der Waals surface area contributed by atoms with Gasteiger partial charge in [-0.15, -0.1) is 0 Å². The van der Waals surface area contributed by atoms with Crippen molar-refractivity contribution in [2.45, 2.75) is 26.3 Å². The van der Waals surface area contributed by atoms with E-state index in [2.05, 4.69) is 9.88 Å². The van der Waals surface area contributed by atoms with Crippen LogP contribution in [0.3, 0.4) is 0 Å². The van der Waals surface area contributed by atoms with E-state index in [1.807, 2.05) is 104 Å². The summed E-state index contributed by atoms with van der Waals surface area (Å²) in [6.07, 6.45) is 1.02. The van der Waals surface area contributed by atoms with Crippen LogP contribution in [0.25, 0.3) is 21.8 Å². The van der Waals surface area contributed by atoms with E-state index in [0.717, 1.165) is 28.0 Å². The van der Waals surface area contributed by atoms with E-state index in [4.69, 9.17) is 4.74 Å². The number of amides is 1. The number of nitrogens with zero attached hydrogens (tertiary/aromatic N) is 1. The monoisotopic (exact) mass is 462 g/mol. The Balaban J connectivity index is 1.26. The van der Waals surface area contributed by atoms with Crippen LogP contribution in [-0.2, 0) is 11.3 Å². The molecule has 1 aromatic heterocycles. The fraction of sp³-hybridized carbons (Fsp3) is 0.133. The lowest BCUT2D eigenvalue weighted by Gasteiger charge is -2.15. The van der Waals surface area contributed by atoms with Gasteiger partial charge in [0.05, 0.1) is 11.0 Å². The zero-order valence-electron chi connectivity index (χ0n) is 19.5. The molecule has 174 valence electrons. The lowest BCUT2D eigenvalue weighted by atomic mass is 10.1. The van der Waals surface area contributed by atoms with Gasteiger partial charge in [-0.1, -0.05) is 42.0 Å². The second kappa shape index (κ2) is 9.85. The maximum absolute atomic E-state index is 13.0. The SMILES string of the molecule is Cc1ccc2c(c1)c(=O)c1ccccc1n2CCCC(=O)Nc1ccc(Oc2ccccc2)cc1. The molecule has 0 saturated carbocycles. The number of fused-ring (bicyclic) bond motifs is 2. The topological polar surface area (TPSA) is 60.3 Å². The lowest BCUT2D eigenvalue weighted by molar-refractivity contribution is -0.116. The molecule has 0 unspecified atom stereocenters. The van der Waals surface area contributed by atoms with Crippen LogP contribution in [-0.4, -0.2) is 10.5 Å². The van der Waals surface area contributed by atoms with Gasteiger partial charge in [-0.25, -0.2) is 0 Å². The Morgan fingerprint density at radius 3 is 2.29 bits per heavy atom. The van der Waals surface area contributed by atoms with Gasteiger partial charge >= 0.3 is 0 Å². The molecule has 5 nitrogen and oxygen atoms in total. The molecule has 0 saturated heterocycles. The molecule has 0 fully saturated rings. The summed E-state index contributed by atoms with van der Waals surface area (Å²) in [6.45, 7) is 2.63. The molecule has 5 heteroatoms. The van der Waals surface area contributed by atoms with Gasteiger partial charge in [-0.2, -0.15) is 0 Å². The van der Waals surface area contributed by atoms with Crippen molar-refractivity contribution < 1.29 is 9.53 Å². The first kappa shape index (κ1) is 22.4. The number of hydrogen-bond donors (Lipinski definition) is 1. The Hall–Kier alpha value is -4.38. The number of ether oxygens (including phenoxy) is 1. The van der Waals surface area contributed by atoms with Gasteiger partial charge in [0, 0.05) is 29.4 Å². The highest BCUT2D eigenvalue weighted by Gasteiger charge is 2.11. The maximum atomic E-state index is 13.0. The van der Waals surface area contributed by atoms with Crippen LogP contribution in [0.2, 0.25) is 0 Å². The second-order valence-corrected chi connectivity index (χ2v) is 8.61. The molecule has 0 spiro atoms. The van der Waals surface area contributed by atoms with Gasteiger partial charge in [0.25, 0.3) is 0 Å². The standard InChI is InChI=1S/C30H26N2O3/c1-21-13-18-28-26(20-21)30(34)25-10-5-6-11-27(25)32(28)19-7-12-29(33)31-22-14-16-24(17-15-22)35-23-8-3-2-4-9-23/h2-6,8-11,13-18,20H,7,12,19H2,1H3,(H,31,33). The molecule has 4 aromatic carbocycles. The van der Waals surface area contributed by atoms with Crippen molar-refractivity contribution in [3.05, 3.63) is 113 Å². The number of hydrogen-bond acceptors (Lipinski definition) is 3. The number of carbonyl (C=O) groups excluding carboxylic acids is 1. The Morgan fingerprint density at radius 2 is 1.49 bits per heavy atom. The van der Waals surface area contributed by atoms with Crippen molar-refractivity contribution in [3.8, 4) is 11.5 Å². The number of para-hydroxylation sites is 2. The summed E-state index contributed by atoms with van der Waals surface area (Å²) in [4.78, 5) is 25.6. The van der Waals surface area contributed by atoms with Crippen LogP contribution in [0.1, 0.15) is 18.4 Å². The van der Waals surface area contributed by atoms with E-state index >= 15 is 0 Å². The first-order valence-electron chi connectivity index (χ1n) is 11.7. The summed E-state index contributed by atoms with van der Waals surface area (Å²) in [7, 11) is 0. The van der Waals surface area contributed by atoms with Gasteiger partial charge in [0.1, 0.15) is 11.5 Å². The minimum absolute atomic E-state index is 0.0489. The van der Waals surface area contributed by atoms with Crippen molar-refractivity contribution in [1.29, 1.82) is 0 Å². The average Bonchev–Trinajstić information content (AvgIpc) is 2.88. The largest absolute Gasteiger partial charge is 0.457 e. The van der Waals surface area contributed by atoms with E-state index in [1.54, 1.807) is 0 Å². The van der Waals surface area contributed by atoms with Crippen molar-refractivity contribution in [2.75, 3.05) is 5.32 Å². The molecule has 0 radical (unpaired) electrons. The van der Waals surface area contributed by atoms with Crippen LogP contribution in [0.5, 0.6) is 11.5 Å². The molecule has 35 heavy (non-hydrogen) atoms. The highest BCUT2D eigenvalue weighted by Crippen LogP contribution is 2.23. The molecular formula is C30H26N2O3. The van der Waals surface area contributed by atoms with Gasteiger partial charge in [0.2, 0.25) is 5.91 Å². The first-order chi connectivity index (χ1) is 17.1. The molecule has 0 atom stereocenters. The van der Waals surface area contributed by atoms with Gasteiger partial charge in [-0.05, 0) is 74.0 Å². The number of nitrogens with one attached hydrogen (secondary N) is 1. The Kier molecular flexibility index (Phi) is 6.31. The zero-order chi connectivity index (χ0) is 24.2. The van der Waals surface area contributed by atoms with Gasteiger partial charge in [-0.3, -0.25) is 9.59 Å². The molecule has 0 bridgehead atoms. The molecule has 1 N–H and O–H groups in total. The van der Waals surface area contributed by atoms with E-state index in [9.17, 15) is 9.59 Å². The van der Waals surface area contributed by atoms with E-state index < -0.39 is 0 Å². The van der Waals surface area contributed by atoms with Crippen molar-refractivity contribution in [1.82, 2.24) is 4.57 Å². The summed E-state index contributed by atoms with van der Waals surface area (Å²) >= 11 is 0. The number of carbonyl (C=O) groups is 1. The number of benzene rings is 4. The van der Waals surface area contributed by atoms with Crippen molar-refractivity contribution >= 4 is 33.4 Å². The van der Waals surface area contributed by atoms with Crippen molar-refractivity contribution in [2.24, 2.45) is 0 Å². The van der Waals surface area contributed by atoms with Crippen LogP contribution >= 0.6 is 0 Å². The minimum atomic E-state index is -0.0489. The second-order valence-electron chi connectivity index (χ2n) is 8.61. The van der Waals surface area contributed by atoms with E-state index in [0.29, 0.717) is 35.9 Å². The summed E-state index contributed by atoms with van der Waals surface area (Å²) in [5.41, 5.74) is 3.62. The fourth-order valence-corrected chi connectivity index (χ4v) is 4.34. The smallest absolute Gasteiger partial charge is 0.224 e. The lowest BCUT2D eigenvalue weighted by Crippen LogP contribution is -2.15. The predicted molar refractivity (Wildman–Crippen MR) is 141 cm³/mol. The third-order valence-electron chi connectivity index (χ3n) is 6.03. The van der Waals surface area contributed by atoms with Gasteiger partial charge < -0.3 is 14.6 Å². The summed E-state index contributed by atoms with van der Waals surface area (Å²) < 4.78 is 7.95. The highest BCUT2D eigenvalue weighted by atomic mass is 16.5. The summed E-state index contributed by atoms with van der Waals surface area (Å²) in [6, 6.07) is 30.5. The average molecular weight is 463 g/mol. The van der Waals surface area contributed by atoms with Gasteiger partial charge in [0.15, 0.2) is 5.43 Å². The van der Waals surface area contributed by atoms with Crippen LogP contribution in [0.15, 0.2) is 102 Å². The number of aromatic nitrogens is 1. The summed E-state index contributed by atoms with van der Waals surface area (Å²) in [5, 5.41) is 4.37. The number of pyridine rings is 1. The summed E-state index contributed by atoms with van der Waals surface area (Å²) in [5.74, 6) is 1.43. The Bertz CT molecular complexity index is 1550.